The lowest BCUT2D eigenvalue weighted by Crippen LogP contribution is -2.38. The maximum Gasteiger partial charge on any atom is 0.224 e. The third-order valence-corrected chi connectivity index (χ3v) is 2.91. The van der Waals surface area contributed by atoms with Crippen molar-refractivity contribution >= 4 is 11.8 Å². The van der Waals surface area contributed by atoms with E-state index in [1.54, 1.807) is 24.3 Å². The van der Waals surface area contributed by atoms with Crippen molar-refractivity contribution in [2.24, 2.45) is 0 Å². The molecule has 5 nitrogen and oxygen atoms in total. The molecule has 0 spiro atoms. The average molecular weight is 248 g/mol. The second-order valence-corrected chi connectivity index (χ2v) is 4.45. The molecule has 2 rings (SSSR count). The van der Waals surface area contributed by atoms with Gasteiger partial charge in [-0.15, -0.1) is 0 Å². The molecule has 3 N–H and O–H groups in total. The number of amides is 2. The van der Waals surface area contributed by atoms with Crippen molar-refractivity contribution in [2.45, 2.75) is 25.3 Å². The number of carbonyl (C=O) groups excluding carboxylic acids is 2. The fraction of sp³-hybridized carbons (Fsp3) is 0.385. The smallest absolute Gasteiger partial charge is 0.224 e. The van der Waals surface area contributed by atoms with Crippen LogP contribution in [0.3, 0.4) is 0 Å². The topological polar surface area (TPSA) is 78.4 Å². The van der Waals surface area contributed by atoms with Crippen LogP contribution < -0.4 is 10.6 Å². The predicted octanol–water partition coefficient (Wildman–Crippen LogP) is 0.329. The summed E-state index contributed by atoms with van der Waals surface area (Å²) < 4.78 is 0. The van der Waals surface area contributed by atoms with Crippen LogP contribution in [0.5, 0.6) is 5.75 Å². The van der Waals surface area contributed by atoms with Crippen molar-refractivity contribution in [3.05, 3.63) is 29.8 Å². The quantitative estimate of drug-likeness (QED) is 0.718. The number of phenols is 1. The van der Waals surface area contributed by atoms with Gasteiger partial charge in [-0.25, -0.2) is 0 Å². The molecule has 0 radical (unpaired) electrons. The molecular weight excluding hydrogens is 232 g/mol. The number of phenolic OH excluding ortho intramolecular Hbond substituents is 1. The summed E-state index contributed by atoms with van der Waals surface area (Å²) in [4.78, 5) is 22.6. The first-order valence-corrected chi connectivity index (χ1v) is 5.97. The third-order valence-electron chi connectivity index (χ3n) is 2.91. The fourth-order valence-electron chi connectivity index (χ4n) is 1.98. The van der Waals surface area contributed by atoms with Crippen molar-refractivity contribution in [3.63, 3.8) is 0 Å². The van der Waals surface area contributed by atoms with Gasteiger partial charge in [0.1, 0.15) is 5.75 Å². The highest BCUT2D eigenvalue weighted by Crippen LogP contribution is 2.11. The molecule has 5 heteroatoms. The van der Waals surface area contributed by atoms with Crippen LogP contribution in [0.25, 0.3) is 0 Å². The van der Waals surface area contributed by atoms with Crippen molar-refractivity contribution in [2.75, 3.05) is 6.54 Å². The number of hydrogen-bond donors (Lipinski definition) is 3. The van der Waals surface area contributed by atoms with Crippen LogP contribution in [-0.2, 0) is 16.0 Å². The largest absolute Gasteiger partial charge is 0.508 e. The van der Waals surface area contributed by atoms with Crippen LogP contribution in [0.4, 0.5) is 0 Å². The molecule has 0 aromatic heterocycles. The summed E-state index contributed by atoms with van der Waals surface area (Å²) >= 11 is 0. The Morgan fingerprint density at radius 1 is 1.50 bits per heavy atom. The first-order chi connectivity index (χ1) is 8.63. The lowest BCUT2D eigenvalue weighted by Gasteiger charge is -2.11. The number of nitrogens with one attached hydrogen (secondary N) is 2. The number of aromatic hydroxyl groups is 1. The SMILES string of the molecule is O=C(Cc1cccc(O)c1)NCC1CCC(=O)N1. The summed E-state index contributed by atoms with van der Waals surface area (Å²) in [5.41, 5.74) is 0.767. The van der Waals surface area contributed by atoms with Crippen molar-refractivity contribution in [3.8, 4) is 5.75 Å². The van der Waals surface area contributed by atoms with Gasteiger partial charge >= 0.3 is 0 Å². The molecule has 1 atom stereocenters. The minimum absolute atomic E-state index is 0.0437. The first-order valence-electron chi connectivity index (χ1n) is 5.97. The van der Waals surface area contributed by atoms with Gasteiger partial charge in [0.15, 0.2) is 0 Å². The molecule has 0 aliphatic carbocycles. The van der Waals surface area contributed by atoms with E-state index in [1.165, 1.54) is 0 Å². The van der Waals surface area contributed by atoms with E-state index >= 15 is 0 Å². The normalized spacial score (nSPS) is 18.4. The second kappa shape index (κ2) is 5.53. The Hall–Kier alpha value is -2.04. The Kier molecular flexibility index (Phi) is 3.82. The number of benzene rings is 1. The molecule has 0 saturated carbocycles. The number of carbonyl (C=O) groups is 2. The van der Waals surface area contributed by atoms with E-state index in [0.717, 1.165) is 12.0 Å². The molecule has 1 saturated heterocycles. The van der Waals surface area contributed by atoms with Crippen molar-refractivity contribution in [1.82, 2.24) is 10.6 Å². The van der Waals surface area contributed by atoms with Crippen molar-refractivity contribution in [1.29, 1.82) is 0 Å². The first kappa shape index (κ1) is 12.4. The molecule has 1 heterocycles. The molecule has 0 bridgehead atoms. The van der Waals surface area contributed by atoms with Gasteiger partial charge in [-0.1, -0.05) is 12.1 Å². The van der Waals surface area contributed by atoms with Crippen LogP contribution in [0.15, 0.2) is 24.3 Å². The summed E-state index contributed by atoms with van der Waals surface area (Å²) in [6.45, 7) is 0.462. The molecule has 1 fully saturated rings. The zero-order valence-corrected chi connectivity index (χ0v) is 9.98. The zero-order chi connectivity index (χ0) is 13.0. The molecule has 1 aliphatic rings. The van der Waals surface area contributed by atoms with Crippen LogP contribution in [0.2, 0.25) is 0 Å². The van der Waals surface area contributed by atoms with Crippen LogP contribution in [0.1, 0.15) is 18.4 Å². The van der Waals surface area contributed by atoms with Gasteiger partial charge in [-0.3, -0.25) is 9.59 Å². The minimum atomic E-state index is -0.109. The number of rotatable bonds is 4. The van der Waals surface area contributed by atoms with Gasteiger partial charge in [-0.2, -0.15) is 0 Å². The summed E-state index contributed by atoms with van der Waals surface area (Å²) in [5.74, 6) is 0.0901. The molecule has 96 valence electrons. The summed E-state index contributed by atoms with van der Waals surface area (Å²) in [6, 6.07) is 6.67. The van der Waals surface area contributed by atoms with Gasteiger partial charge in [0.05, 0.1) is 6.42 Å². The van der Waals surface area contributed by atoms with E-state index in [-0.39, 0.29) is 30.0 Å². The predicted molar refractivity (Wildman–Crippen MR) is 66.0 cm³/mol. The molecule has 18 heavy (non-hydrogen) atoms. The van der Waals surface area contributed by atoms with Gasteiger partial charge < -0.3 is 15.7 Å². The molecule has 1 unspecified atom stereocenters. The second-order valence-electron chi connectivity index (χ2n) is 4.45. The molecule has 2 amide bonds. The van der Waals surface area contributed by atoms with Gasteiger partial charge in [0.2, 0.25) is 11.8 Å². The van der Waals surface area contributed by atoms with E-state index in [2.05, 4.69) is 10.6 Å². The summed E-state index contributed by atoms with van der Waals surface area (Å²) in [5, 5.41) is 14.8. The highest BCUT2D eigenvalue weighted by atomic mass is 16.3. The zero-order valence-electron chi connectivity index (χ0n) is 9.98. The van der Waals surface area contributed by atoms with E-state index in [1.807, 2.05) is 0 Å². The van der Waals surface area contributed by atoms with Crippen LogP contribution in [0, 0.1) is 0 Å². The lowest BCUT2D eigenvalue weighted by atomic mass is 10.1. The maximum atomic E-state index is 11.7. The summed E-state index contributed by atoms with van der Waals surface area (Å²) in [7, 11) is 0. The van der Waals surface area contributed by atoms with E-state index < -0.39 is 0 Å². The van der Waals surface area contributed by atoms with E-state index in [0.29, 0.717) is 13.0 Å². The molecular formula is C13H16N2O3. The summed E-state index contributed by atoms with van der Waals surface area (Å²) in [6.07, 6.45) is 1.54. The Morgan fingerprint density at radius 2 is 2.33 bits per heavy atom. The Morgan fingerprint density at radius 3 is 3.00 bits per heavy atom. The van der Waals surface area contributed by atoms with E-state index in [9.17, 15) is 14.7 Å². The number of hydrogen-bond acceptors (Lipinski definition) is 3. The Labute approximate surface area is 105 Å². The van der Waals surface area contributed by atoms with E-state index in [4.69, 9.17) is 0 Å². The van der Waals surface area contributed by atoms with Crippen LogP contribution >= 0.6 is 0 Å². The monoisotopic (exact) mass is 248 g/mol. The fourth-order valence-corrected chi connectivity index (χ4v) is 1.98. The standard InChI is InChI=1S/C13H16N2O3/c16-11-3-1-2-9(6-11)7-13(18)14-8-10-4-5-12(17)15-10/h1-3,6,10,16H,4-5,7-8H2,(H,14,18)(H,15,17). The molecule has 1 aromatic carbocycles. The van der Waals surface area contributed by atoms with Crippen molar-refractivity contribution < 1.29 is 14.7 Å². The van der Waals surface area contributed by atoms with Gasteiger partial charge in [-0.05, 0) is 24.1 Å². The maximum absolute atomic E-state index is 11.7. The average Bonchev–Trinajstić information content (AvgIpc) is 2.73. The van der Waals surface area contributed by atoms with Gasteiger partial charge in [0, 0.05) is 19.0 Å². The third kappa shape index (κ3) is 3.48. The minimum Gasteiger partial charge on any atom is -0.508 e. The lowest BCUT2D eigenvalue weighted by molar-refractivity contribution is -0.121. The van der Waals surface area contributed by atoms with Gasteiger partial charge in [0.25, 0.3) is 0 Å². The van der Waals surface area contributed by atoms with Crippen LogP contribution in [-0.4, -0.2) is 29.5 Å². The highest BCUT2D eigenvalue weighted by molar-refractivity contribution is 5.80. The Bertz CT molecular complexity index is 459. The molecule has 1 aliphatic heterocycles. The highest BCUT2D eigenvalue weighted by Gasteiger charge is 2.20. The molecule has 1 aromatic rings. The Balaban J connectivity index is 1.77.